The molecule has 19 heavy (non-hydrogen) atoms. The molecule has 0 spiro atoms. The maximum atomic E-state index is 11.5. The molecule has 0 fully saturated rings. The molecule has 0 unspecified atom stereocenters. The summed E-state index contributed by atoms with van der Waals surface area (Å²) in [5.41, 5.74) is 1.99. The minimum absolute atomic E-state index is 0.0519. The van der Waals surface area contributed by atoms with E-state index in [9.17, 15) is 9.59 Å². The van der Waals surface area contributed by atoms with Crippen LogP contribution in [0.5, 0.6) is 0 Å². The number of likely N-dealkylation sites (N-methyl/N-ethyl adjacent to an activating group) is 1. The van der Waals surface area contributed by atoms with E-state index in [0.717, 1.165) is 0 Å². The Morgan fingerprint density at radius 2 is 2.11 bits per heavy atom. The highest BCUT2D eigenvalue weighted by molar-refractivity contribution is 5.90. The lowest BCUT2D eigenvalue weighted by Crippen LogP contribution is -2.38. The smallest absolute Gasteiger partial charge is 0.300 e. The fourth-order valence-electron chi connectivity index (χ4n) is 1.59. The van der Waals surface area contributed by atoms with Crippen LogP contribution in [0, 0.1) is 0 Å². The number of nitrogens with two attached hydrogens (primary N) is 1. The van der Waals surface area contributed by atoms with Crippen LogP contribution in [0.1, 0.15) is 30.2 Å². The van der Waals surface area contributed by atoms with E-state index < -0.39 is 5.91 Å². The zero-order valence-corrected chi connectivity index (χ0v) is 11.4. The third kappa shape index (κ3) is 5.11. The molecule has 1 aromatic heterocycles. The average molecular weight is 268 g/mol. The zero-order valence-electron chi connectivity index (χ0n) is 11.4. The van der Waals surface area contributed by atoms with Crippen molar-refractivity contribution < 1.29 is 14.0 Å². The van der Waals surface area contributed by atoms with Gasteiger partial charge in [-0.25, -0.2) is 5.84 Å². The van der Waals surface area contributed by atoms with Crippen molar-refractivity contribution >= 4 is 11.8 Å². The number of furan rings is 1. The number of carbonyl (C=O) groups excluding carboxylic acids is 2. The van der Waals surface area contributed by atoms with E-state index in [1.165, 1.54) is 0 Å². The second-order valence-corrected chi connectivity index (χ2v) is 4.63. The minimum atomic E-state index is -0.480. The fourth-order valence-corrected chi connectivity index (χ4v) is 1.59. The van der Waals surface area contributed by atoms with Crippen LogP contribution in [-0.4, -0.2) is 36.3 Å². The second-order valence-electron chi connectivity index (χ2n) is 4.63. The van der Waals surface area contributed by atoms with Crippen LogP contribution in [0.3, 0.4) is 0 Å². The van der Waals surface area contributed by atoms with Crippen LogP contribution in [0.15, 0.2) is 16.5 Å². The van der Waals surface area contributed by atoms with Gasteiger partial charge in [-0.05, 0) is 33.0 Å². The van der Waals surface area contributed by atoms with E-state index in [2.05, 4.69) is 5.32 Å². The molecule has 7 heteroatoms. The van der Waals surface area contributed by atoms with Gasteiger partial charge < -0.3 is 9.73 Å². The molecule has 0 saturated carbocycles. The Balaban J connectivity index is 2.48. The van der Waals surface area contributed by atoms with Gasteiger partial charge in [0.1, 0.15) is 5.76 Å². The van der Waals surface area contributed by atoms with Gasteiger partial charge in [0.2, 0.25) is 5.91 Å². The van der Waals surface area contributed by atoms with Gasteiger partial charge in [0.25, 0.3) is 0 Å². The predicted octanol–water partition coefficient (Wildman–Crippen LogP) is -0.160. The average Bonchev–Trinajstić information content (AvgIpc) is 2.74. The maximum Gasteiger partial charge on any atom is 0.300 e. The topological polar surface area (TPSA) is 101 Å². The predicted molar refractivity (Wildman–Crippen MR) is 70.0 cm³/mol. The molecule has 4 N–H and O–H groups in total. The van der Waals surface area contributed by atoms with Crippen molar-refractivity contribution in [2.45, 2.75) is 26.4 Å². The van der Waals surface area contributed by atoms with Crippen molar-refractivity contribution in [1.82, 2.24) is 15.6 Å². The molecule has 0 atom stereocenters. The quantitative estimate of drug-likeness (QED) is 0.378. The third-order valence-electron chi connectivity index (χ3n) is 2.31. The molecule has 2 amide bonds. The number of nitrogen functional groups attached to an aromatic ring is 1. The molecule has 106 valence electrons. The summed E-state index contributed by atoms with van der Waals surface area (Å²) in [6, 6.07) is 3.34. The molecule has 0 bridgehead atoms. The van der Waals surface area contributed by atoms with E-state index >= 15 is 0 Å². The van der Waals surface area contributed by atoms with Gasteiger partial charge >= 0.3 is 5.91 Å². The standard InChI is InChI=1S/C12H20N4O3/c1-8(2)14-11(17)7-16(3)6-9-4-5-10(19-9)12(18)15-13/h4-5,8H,6-7,13H2,1-3H3,(H,14,17)(H,15,18). The molecule has 0 saturated heterocycles. The summed E-state index contributed by atoms with van der Waals surface area (Å²) in [4.78, 5) is 24.5. The molecular weight excluding hydrogens is 248 g/mol. The van der Waals surface area contributed by atoms with E-state index in [4.69, 9.17) is 10.3 Å². The van der Waals surface area contributed by atoms with Gasteiger partial charge in [-0.2, -0.15) is 0 Å². The van der Waals surface area contributed by atoms with Crippen molar-refractivity contribution in [3.05, 3.63) is 23.7 Å². The summed E-state index contributed by atoms with van der Waals surface area (Å²) in [7, 11) is 1.80. The monoisotopic (exact) mass is 268 g/mol. The lowest BCUT2D eigenvalue weighted by atomic mass is 10.3. The van der Waals surface area contributed by atoms with Gasteiger partial charge in [0, 0.05) is 6.04 Å². The van der Waals surface area contributed by atoms with Crippen LogP contribution < -0.4 is 16.6 Å². The van der Waals surface area contributed by atoms with Gasteiger partial charge in [0.05, 0.1) is 13.1 Å². The Hall–Kier alpha value is -1.86. The Labute approximate surface area is 112 Å². The fraction of sp³-hybridized carbons (Fsp3) is 0.500. The molecular formula is C12H20N4O3. The zero-order chi connectivity index (χ0) is 14.4. The van der Waals surface area contributed by atoms with Crippen LogP contribution in [0.4, 0.5) is 0 Å². The second kappa shape index (κ2) is 6.91. The lowest BCUT2D eigenvalue weighted by Gasteiger charge is -2.16. The number of hydrazine groups is 1. The Morgan fingerprint density at radius 3 is 2.68 bits per heavy atom. The van der Waals surface area contributed by atoms with Crippen LogP contribution in [-0.2, 0) is 11.3 Å². The molecule has 0 aliphatic heterocycles. The Morgan fingerprint density at radius 1 is 1.42 bits per heavy atom. The number of hydrogen-bond acceptors (Lipinski definition) is 5. The van der Waals surface area contributed by atoms with E-state index in [1.54, 1.807) is 24.1 Å². The van der Waals surface area contributed by atoms with Crippen molar-refractivity contribution in [1.29, 1.82) is 0 Å². The SMILES string of the molecule is CC(C)NC(=O)CN(C)Cc1ccc(C(=O)NN)o1. The first-order valence-electron chi connectivity index (χ1n) is 6.00. The van der Waals surface area contributed by atoms with E-state index in [-0.39, 0.29) is 24.3 Å². The highest BCUT2D eigenvalue weighted by atomic mass is 16.4. The van der Waals surface area contributed by atoms with Crippen molar-refractivity contribution in [3.63, 3.8) is 0 Å². The van der Waals surface area contributed by atoms with Gasteiger partial charge in [-0.15, -0.1) is 0 Å². The van der Waals surface area contributed by atoms with E-state index in [0.29, 0.717) is 12.3 Å². The number of rotatable bonds is 6. The number of nitrogens with one attached hydrogen (secondary N) is 2. The van der Waals surface area contributed by atoms with Gasteiger partial charge in [0.15, 0.2) is 5.76 Å². The summed E-state index contributed by atoms with van der Waals surface area (Å²) in [5.74, 6) is 5.22. The van der Waals surface area contributed by atoms with Gasteiger partial charge in [-0.3, -0.25) is 19.9 Å². The maximum absolute atomic E-state index is 11.5. The number of amides is 2. The molecule has 1 heterocycles. The van der Waals surface area contributed by atoms with E-state index in [1.807, 2.05) is 19.3 Å². The minimum Gasteiger partial charge on any atom is -0.455 e. The highest BCUT2D eigenvalue weighted by Gasteiger charge is 2.12. The first kappa shape index (κ1) is 15.2. The van der Waals surface area contributed by atoms with Crippen molar-refractivity contribution in [3.8, 4) is 0 Å². The molecule has 0 aliphatic rings. The first-order chi connectivity index (χ1) is 8.92. The third-order valence-corrected chi connectivity index (χ3v) is 2.31. The number of hydrogen-bond donors (Lipinski definition) is 3. The Kier molecular flexibility index (Phi) is 5.53. The summed E-state index contributed by atoms with van der Waals surface area (Å²) in [6.07, 6.45) is 0. The summed E-state index contributed by atoms with van der Waals surface area (Å²) in [6.45, 7) is 4.50. The molecule has 7 nitrogen and oxygen atoms in total. The van der Waals surface area contributed by atoms with Crippen LogP contribution in [0.25, 0.3) is 0 Å². The normalized spacial score (nSPS) is 10.8. The number of nitrogens with zero attached hydrogens (tertiary/aromatic N) is 1. The Bertz CT molecular complexity index is 442. The highest BCUT2D eigenvalue weighted by Crippen LogP contribution is 2.09. The van der Waals surface area contributed by atoms with Crippen molar-refractivity contribution in [2.75, 3.05) is 13.6 Å². The number of carbonyl (C=O) groups is 2. The van der Waals surface area contributed by atoms with Crippen LogP contribution >= 0.6 is 0 Å². The largest absolute Gasteiger partial charge is 0.455 e. The summed E-state index contributed by atoms with van der Waals surface area (Å²) >= 11 is 0. The summed E-state index contributed by atoms with van der Waals surface area (Å²) < 4.78 is 5.30. The summed E-state index contributed by atoms with van der Waals surface area (Å²) in [5, 5.41) is 2.80. The molecule has 1 rings (SSSR count). The lowest BCUT2D eigenvalue weighted by molar-refractivity contribution is -0.122. The molecule has 1 aromatic rings. The first-order valence-corrected chi connectivity index (χ1v) is 6.00. The molecule has 0 radical (unpaired) electrons. The van der Waals surface area contributed by atoms with Crippen molar-refractivity contribution in [2.24, 2.45) is 5.84 Å². The van der Waals surface area contributed by atoms with Crippen LogP contribution in [0.2, 0.25) is 0 Å². The molecule has 0 aliphatic carbocycles. The van der Waals surface area contributed by atoms with Gasteiger partial charge in [-0.1, -0.05) is 0 Å². The molecule has 0 aromatic carbocycles.